The fourth-order valence-electron chi connectivity index (χ4n) is 5.98. The fourth-order valence-corrected chi connectivity index (χ4v) is 5.98. The van der Waals surface area contributed by atoms with E-state index in [1.807, 2.05) is 62.4 Å². The molecule has 2 unspecified atom stereocenters. The lowest BCUT2D eigenvalue weighted by molar-refractivity contribution is -0.130. The number of carbonyl (C=O) groups is 4. The molecule has 0 saturated carbocycles. The Kier molecular flexibility index (Phi) is 7.98. The highest BCUT2D eigenvalue weighted by Gasteiger charge is 2.52. The third-order valence-electron chi connectivity index (χ3n) is 7.85. The highest BCUT2D eigenvalue weighted by atomic mass is 16.4. The number of nitrogens with two attached hydrogens (primary N) is 1. The number of nitrogens with one attached hydrogen (secondary N) is 1. The Morgan fingerprint density at radius 3 is 2.14 bits per heavy atom. The SMILES string of the molecule is CC(C)C(C(N)=O)(c1ccccc1)N1C(=O)CN(C(=O)Nc2cccc(C(=O)O)c2)C(c2ccccc2)c2ccccc21. The lowest BCUT2D eigenvalue weighted by Gasteiger charge is -2.45. The zero-order chi connectivity index (χ0) is 30.7. The van der Waals surface area contributed by atoms with E-state index < -0.39 is 47.9 Å². The first-order valence-corrected chi connectivity index (χ1v) is 13.9. The first-order valence-electron chi connectivity index (χ1n) is 13.9. The summed E-state index contributed by atoms with van der Waals surface area (Å²) >= 11 is 0. The lowest BCUT2D eigenvalue weighted by Crippen LogP contribution is -2.62. The van der Waals surface area contributed by atoms with Crippen LogP contribution in [0.5, 0.6) is 0 Å². The Balaban J connectivity index is 1.72. The molecular formula is C34H32N4O5. The molecule has 9 heteroatoms. The molecule has 218 valence electrons. The summed E-state index contributed by atoms with van der Waals surface area (Å²) in [6.45, 7) is 3.29. The molecule has 4 aromatic carbocycles. The van der Waals surface area contributed by atoms with Crippen molar-refractivity contribution in [3.63, 3.8) is 0 Å². The Hall–Kier alpha value is -5.44. The quantitative estimate of drug-likeness (QED) is 0.271. The molecule has 4 aromatic rings. The number of nitrogens with zero attached hydrogens (tertiary/aromatic N) is 2. The molecule has 4 N–H and O–H groups in total. The van der Waals surface area contributed by atoms with Crippen LogP contribution in [0.4, 0.5) is 16.2 Å². The molecule has 0 aromatic heterocycles. The smallest absolute Gasteiger partial charge is 0.335 e. The summed E-state index contributed by atoms with van der Waals surface area (Å²) in [5.74, 6) is -2.78. The Labute approximate surface area is 249 Å². The number of aromatic carboxylic acids is 1. The number of para-hydroxylation sites is 1. The van der Waals surface area contributed by atoms with E-state index in [2.05, 4.69) is 5.32 Å². The van der Waals surface area contributed by atoms with E-state index in [0.717, 1.165) is 5.56 Å². The second-order valence-corrected chi connectivity index (χ2v) is 10.7. The summed E-state index contributed by atoms with van der Waals surface area (Å²) in [5.41, 5.74) is 7.29. The van der Waals surface area contributed by atoms with E-state index >= 15 is 0 Å². The van der Waals surface area contributed by atoms with Gasteiger partial charge in [-0.2, -0.15) is 0 Å². The Morgan fingerprint density at radius 2 is 1.51 bits per heavy atom. The summed E-state index contributed by atoms with van der Waals surface area (Å²) in [7, 11) is 0. The van der Waals surface area contributed by atoms with Gasteiger partial charge in [-0.1, -0.05) is 98.8 Å². The molecule has 0 radical (unpaired) electrons. The average Bonchev–Trinajstić information content (AvgIpc) is 3.13. The zero-order valence-corrected chi connectivity index (χ0v) is 23.8. The van der Waals surface area contributed by atoms with Gasteiger partial charge in [-0.25, -0.2) is 9.59 Å². The van der Waals surface area contributed by atoms with Crippen molar-refractivity contribution in [2.24, 2.45) is 11.7 Å². The first kappa shape index (κ1) is 29.1. The van der Waals surface area contributed by atoms with Crippen LogP contribution in [-0.4, -0.2) is 40.4 Å². The van der Waals surface area contributed by atoms with E-state index in [1.165, 1.54) is 28.0 Å². The van der Waals surface area contributed by atoms with E-state index in [1.54, 1.807) is 42.5 Å². The molecule has 1 aliphatic rings. The van der Waals surface area contributed by atoms with Crippen molar-refractivity contribution >= 4 is 35.2 Å². The molecule has 0 saturated heterocycles. The first-order chi connectivity index (χ1) is 20.7. The standard InChI is InChI=1S/C34H32N4O5/c1-22(2)34(32(35)42,25-15-7-4-8-16-25)38-28-19-10-9-18-27(28)30(23-12-5-3-6-13-23)37(21-29(38)39)33(43)36-26-17-11-14-24(20-26)31(40)41/h3-20,22,30H,21H2,1-2H3,(H2,35,42)(H,36,43)(H,40,41). The molecule has 1 aliphatic heterocycles. The number of benzene rings is 4. The van der Waals surface area contributed by atoms with Crippen molar-refractivity contribution < 1.29 is 24.3 Å². The summed E-state index contributed by atoms with van der Waals surface area (Å²) in [5, 5.41) is 12.2. The van der Waals surface area contributed by atoms with Gasteiger partial charge in [-0.3, -0.25) is 14.5 Å². The average molecular weight is 577 g/mol. The van der Waals surface area contributed by atoms with Gasteiger partial charge in [0.15, 0.2) is 5.54 Å². The summed E-state index contributed by atoms with van der Waals surface area (Å²) in [6.07, 6.45) is 0. The van der Waals surface area contributed by atoms with Crippen LogP contribution in [0.25, 0.3) is 0 Å². The molecule has 2 atom stereocenters. The van der Waals surface area contributed by atoms with Crippen LogP contribution in [0.2, 0.25) is 0 Å². The number of hydrogen-bond acceptors (Lipinski definition) is 4. The predicted molar refractivity (Wildman–Crippen MR) is 163 cm³/mol. The van der Waals surface area contributed by atoms with Gasteiger partial charge in [-0.05, 0) is 41.3 Å². The number of fused-ring (bicyclic) bond motifs is 1. The zero-order valence-electron chi connectivity index (χ0n) is 23.8. The Morgan fingerprint density at radius 1 is 0.884 bits per heavy atom. The van der Waals surface area contributed by atoms with Crippen LogP contribution in [0.15, 0.2) is 109 Å². The largest absolute Gasteiger partial charge is 0.478 e. The summed E-state index contributed by atoms with van der Waals surface area (Å²) in [6, 6.07) is 30.0. The second-order valence-electron chi connectivity index (χ2n) is 10.7. The van der Waals surface area contributed by atoms with Gasteiger partial charge in [0.1, 0.15) is 6.54 Å². The van der Waals surface area contributed by atoms with Crippen molar-refractivity contribution in [2.75, 3.05) is 16.8 Å². The van der Waals surface area contributed by atoms with Gasteiger partial charge < -0.3 is 21.1 Å². The van der Waals surface area contributed by atoms with Crippen LogP contribution >= 0.6 is 0 Å². The number of rotatable bonds is 7. The molecule has 1 heterocycles. The molecule has 43 heavy (non-hydrogen) atoms. The predicted octanol–water partition coefficient (Wildman–Crippen LogP) is 5.39. The molecule has 5 rings (SSSR count). The molecule has 4 amide bonds. The number of carbonyl (C=O) groups excluding carboxylic acids is 3. The van der Waals surface area contributed by atoms with Crippen molar-refractivity contribution in [1.29, 1.82) is 0 Å². The van der Waals surface area contributed by atoms with Gasteiger partial charge >= 0.3 is 12.0 Å². The maximum Gasteiger partial charge on any atom is 0.335 e. The number of hydrogen-bond donors (Lipinski definition) is 3. The minimum absolute atomic E-state index is 0.00640. The lowest BCUT2D eigenvalue weighted by atomic mass is 9.76. The number of urea groups is 1. The van der Waals surface area contributed by atoms with Gasteiger partial charge in [-0.15, -0.1) is 0 Å². The summed E-state index contributed by atoms with van der Waals surface area (Å²) < 4.78 is 0. The maximum absolute atomic E-state index is 14.5. The highest BCUT2D eigenvalue weighted by Crippen LogP contribution is 2.46. The van der Waals surface area contributed by atoms with E-state index in [4.69, 9.17) is 5.73 Å². The van der Waals surface area contributed by atoms with Crippen molar-refractivity contribution in [2.45, 2.75) is 25.4 Å². The van der Waals surface area contributed by atoms with Crippen LogP contribution in [0.1, 0.15) is 46.9 Å². The number of carboxylic acids is 1. The molecule has 0 fully saturated rings. The third-order valence-corrected chi connectivity index (χ3v) is 7.85. The summed E-state index contributed by atoms with van der Waals surface area (Å²) in [4.78, 5) is 56.6. The monoisotopic (exact) mass is 576 g/mol. The van der Waals surface area contributed by atoms with Crippen LogP contribution in [0, 0.1) is 5.92 Å². The minimum atomic E-state index is -1.57. The van der Waals surface area contributed by atoms with E-state index in [-0.39, 0.29) is 11.3 Å². The van der Waals surface area contributed by atoms with Crippen LogP contribution < -0.4 is 16.0 Å². The number of carboxylic acid groups (broad SMARTS) is 1. The Bertz CT molecular complexity index is 1670. The molecule has 0 aliphatic carbocycles. The molecule has 0 spiro atoms. The van der Waals surface area contributed by atoms with Gasteiger partial charge in [0.2, 0.25) is 11.8 Å². The van der Waals surface area contributed by atoms with Crippen LogP contribution in [-0.2, 0) is 15.1 Å². The fraction of sp³-hybridized carbons (Fsp3) is 0.176. The molecule has 9 nitrogen and oxygen atoms in total. The van der Waals surface area contributed by atoms with Crippen molar-refractivity contribution in [3.05, 3.63) is 131 Å². The molecular weight excluding hydrogens is 544 g/mol. The number of primary amides is 1. The number of amides is 4. The normalized spacial score (nSPS) is 16.2. The van der Waals surface area contributed by atoms with Gasteiger partial charge in [0.05, 0.1) is 17.3 Å². The number of anilines is 2. The van der Waals surface area contributed by atoms with Crippen LogP contribution in [0.3, 0.4) is 0 Å². The maximum atomic E-state index is 14.5. The van der Waals surface area contributed by atoms with E-state index in [0.29, 0.717) is 16.8 Å². The van der Waals surface area contributed by atoms with E-state index in [9.17, 15) is 24.3 Å². The van der Waals surface area contributed by atoms with Crippen molar-refractivity contribution in [3.8, 4) is 0 Å². The topological polar surface area (TPSA) is 133 Å². The van der Waals surface area contributed by atoms with Crippen molar-refractivity contribution in [1.82, 2.24) is 4.90 Å². The highest BCUT2D eigenvalue weighted by molar-refractivity contribution is 6.07. The minimum Gasteiger partial charge on any atom is -0.478 e. The molecule has 0 bridgehead atoms. The van der Waals surface area contributed by atoms with Gasteiger partial charge in [0.25, 0.3) is 0 Å². The second kappa shape index (κ2) is 11.8. The van der Waals surface area contributed by atoms with Gasteiger partial charge in [0, 0.05) is 11.3 Å². The third kappa shape index (κ3) is 5.21.